The standard InChI is InChI=1S/C34H66N4O10/c1-7-29(8-2)30(39)24-47-25-31(40)35-11-15-43-19-20-44-16-12-36-32(41)26-48-27-33(42)37-13-17-45-21-22-46-18-14-38-34(9-3,10-4)23-28(5)6/h28-29,38H,7-27H2,1-6H3,(H,35,40)(H,36,41)(H,37,42). The van der Waals surface area contributed by atoms with Crippen LogP contribution in [0, 0.1) is 11.8 Å². The van der Waals surface area contributed by atoms with Crippen LogP contribution in [0.25, 0.3) is 0 Å². The first-order valence-corrected chi connectivity index (χ1v) is 17.7. The van der Waals surface area contributed by atoms with Gasteiger partial charge in [-0.05, 0) is 38.0 Å². The normalized spacial score (nSPS) is 11.7. The van der Waals surface area contributed by atoms with Crippen LogP contribution in [0.4, 0.5) is 0 Å². The first-order chi connectivity index (χ1) is 23.1. The van der Waals surface area contributed by atoms with Crippen LogP contribution in [-0.4, -0.2) is 135 Å². The summed E-state index contributed by atoms with van der Waals surface area (Å²) in [5, 5.41) is 11.7. The highest BCUT2D eigenvalue weighted by molar-refractivity contribution is 5.83. The van der Waals surface area contributed by atoms with Gasteiger partial charge in [0.05, 0.1) is 52.9 Å². The summed E-state index contributed by atoms with van der Waals surface area (Å²) in [5.41, 5.74) is 0.173. The van der Waals surface area contributed by atoms with Gasteiger partial charge in [-0.3, -0.25) is 19.2 Å². The van der Waals surface area contributed by atoms with E-state index < -0.39 is 0 Å². The molecule has 0 spiro atoms. The molecule has 0 unspecified atom stereocenters. The summed E-state index contributed by atoms with van der Waals surface area (Å²) in [6.07, 6.45) is 4.87. The Morgan fingerprint density at radius 2 is 0.896 bits per heavy atom. The summed E-state index contributed by atoms with van der Waals surface area (Å²) in [6.45, 7) is 17.1. The Balaban J connectivity index is 3.55. The molecule has 0 fully saturated rings. The molecule has 0 heterocycles. The lowest BCUT2D eigenvalue weighted by atomic mass is 9.84. The SMILES string of the molecule is CCC(CC)C(=O)COCC(=O)NCCOCCOCCNC(=O)COCC(=O)NCCOCCOCCNC(CC)(CC)CC(C)C. The fourth-order valence-corrected chi connectivity index (χ4v) is 4.96. The molecule has 0 saturated heterocycles. The van der Waals surface area contributed by atoms with Gasteiger partial charge in [-0.15, -0.1) is 0 Å². The van der Waals surface area contributed by atoms with Crippen molar-refractivity contribution < 1.29 is 47.6 Å². The molecule has 282 valence electrons. The Morgan fingerprint density at radius 1 is 0.521 bits per heavy atom. The van der Waals surface area contributed by atoms with E-state index >= 15 is 0 Å². The van der Waals surface area contributed by atoms with Crippen LogP contribution in [0.3, 0.4) is 0 Å². The fraction of sp³-hybridized carbons (Fsp3) is 0.882. The smallest absolute Gasteiger partial charge is 0.246 e. The number of rotatable bonds is 34. The van der Waals surface area contributed by atoms with Gasteiger partial charge < -0.3 is 49.7 Å². The van der Waals surface area contributed by atoms with Gasteiger partial charge in [0.2, 0.25) is 17.7 Å². The first-order valence-electron chi connectivity index (χ1n) is 17.7. The van der Waals surface area contributed by atoms with Crippen LogP contribution >= 0.6 is 0 Å². The van der Waals surface area contributed by atoms with Gasteiger partial charge in [-0.2, -0.15) is 0 Å². The number of Topliss-reactive ketones (excluding diaryl/α,β-unsaturated/α-hetero) is 1. The molecule has 4 N–H and O–H groups in total. The highest BCUT2D eigenvalue weighted by atomic mass is 16.5. The number of carbonyl (C=O) groups excluding carboxylic acids is 4. The Kier molecular flexibility index (Phi) is 29.4. The van der Waals surface area contributed by atoms with Gasteiger partial charge in [0.15, 0.2) is 5.78 Å². The van der Waals surface area contributed by atoms with Crippen molar-refractivity contribution in [1.82, 2.24) is 21.3 Å². The maximum Gasteiger partial charge on any atom is 0.246 e. The third kappa shape index (κ3) is 25.8. The Bertz CT molecular complexity index is 839. The van der Waals surface area contributed by atoms with E-state index in [-0.39, 0.29) is 74.5 Å². The van der Waals surface area contributed by atoms with E-state index in [0.717, 1.165) is 38.6 Å². The van der Waals surface area contributed by atoms with E-state index in [9.17, 15) is 19.2 Å². The van der Waals surface area contributed by atoms with E-state index in [1.807, 2.05) is 13.8 Å². The Hall–Kier alpha value is -2.20. The topological polar surface area (TPSA) is 172 Å². The number of carbonyl (C=O) groups is 4. The molecule has 0 aromatic heterocycles. The number of nitrogens with one attached hydrogen (secondary N) is 4. The van der Waals surface area contributed by atoms with Crippen LogP contribution in [-0.2, 0) is 47.6 Å². The minimum atomic E-state index is -0.351. The predicted octanol–water partition coefficient (Wildman–Crippen LogP) is 1.63. The van der Waals surface area contributed by atoms with Crippen molar-refractivity contribution in [3.05, 3.63) is 0 Å². The summed E-state index contributed by atoms with van der Waals surface area (Å²) < 4.78 is 32.3. The lowest BCUT2D eigenvalue weighted by molar-refractivity contribution is -0.133. The predicted molar refractivity (Wildman–Crippen MR) is 184 cm³/mol. The summed E-state index contributed by atoms with van der Waals surface area (Å²) in [6, 6.07) is 0. The molecule has 0 aliphatic heterocycles. The molecule has 48 heavy (non-hydrogen) atoms. The average molecular weight is 691 g/mol. The number of hydrogen-bond donors (Lipinski definition) is 4. The maximum atomic E-state index is 11.9. The molecule has 0 aliphatic rings. The van der Waals surface area contributed by atoms with Crippen molar-refractivity contribution in [2.24, 2.45) is 11.8 Å². The van der Waals surface area contributed by atoms with E-state index in [0.29, 0.717) is 65.3 Å². The molecule has 14 heteroatoms. The molecule has 0 aromatic rings. The first kappa shape index (κ1) is 45.8. The Morgan fingerprint density at radius 3 is 1.25 bits per heavy atom. The second kappa shape index (κ2) is 30.8. The summed E-state index contributed by atoms with van der Waals surface area (Å²) >= 11 is 0. The van der Waals surface area contributed by atoms with Crippen LogP contribution in [0.15, 0.2) is 0 Å². The van der Waals surface area contributed by atoms with Crippen LogP contribution in [0.2, 0.25) is 0 Å². The van der Waals surface area contributed by atoms with Gasteiger partial charge in [-0.25, -0.2) is 0 Å². The minimum Gasteiger partial charge on any atom is -0.378 e. The molecular formula is C34H66N4O10. The van der Waals surface area contributed by atoms with E-state index in [4.69, 9.17) is 28.4 Å². The molecule has 0 rings (SSSR count). The zero-order valence-corrected chi connectivity index (χ0v) is 30.6. The van der Waals surface area contributed by atoms with Gasteiger partial charge in [-0.1, -0.05) is 41.5 Å². The lowest BCUT2D eigenvalue weighted by Crippen LogP contribution is -2.46. The summed E-state index contributed by atoms with van der Waals surface area (Å²) in [7, 11) is 0. The highest BCUT2D eigenvalue weighted by Crippen LogP contribution is 2.24. The molecule has 0 saturated carbocycles. The quantitative estimate of drug-likeness (QED) is 0.0724. The third-order valence-corrected chi connectivity index (χ3v) is 7.73. The molecule has 3 amide bonds. The van der Waals surface area contributed by atoms with Crippen molar-refractivity contribution in [3.8, 4) is 0 Å². The number of hydrogen-bond acceptors (Lipinski definition) is 11. The molecule has 0 aromatic carbocycles. The molecule has 0 atom stereocenters. The monoisotopic (exact) mass is 690 g/mol. The summed E-state index contributed by atoms with van der Waals surface area (Å²) in [5.74, 6) is -0.340. The molecule has 14 nitrogen and oxygen atoms in total. The van der Waals surface area contributed by atoms with Crippen molar-refractivity contribution in [3.63, 3.8) is 0 Å². The molecular weight excluding hydrogens is 624 g/mol. The largest absolute Gasteiger partial charge is 0.378 e. The van der Waals surface area contributed by atoms with Crippen molar-refractivity contribution >= 4 is 23.5 Å². The second-order valence-corrected chi connectivity index (χ2v) is 12.0. The second-order valence-electron chi connectivity index (χ2n) is 12.0. The van der Waals surface area contributed by atoms with Crippen molar-refractivity contribution in [1.29, 1.82) is 0 Å². The third-order valence-electron chi connectivity index (χ3n) is 7.73. The number of ketones is 1. The van der Waals surface area contributed by atoms with Crippen LogP contribution < -0.4 is 21.3 Å². The molecule has 0 aliphatic carbocycles. The van der Waals surface area contributed by atoms with E-state index in [1.165, 1.54) is 0 Å². The van der Waals surface area contributed by atoms with Crippen LogP contribution in [0.5, 0.6) is 0 Å². The van der Waals surface area contributed by atoms with E-state index in [2.05, 4.69) is 49.0 Å². The van der Waals surface area contributed by atoms with Gasteiger partial charge >= 0.3 is 0 Å². The zero-order valence-electron chi connectivity index (χ0n) is 30.6. The number of ether oxygens (including phenoxy) is 6. The van der Waals surface area contributed by atoms with Gasteiger partial charge in [0, 0.05) is 37.6 Å². The minimum absolute atomic E-state index is 0.0189. The molecule has 0 bridgehead atoms. The van der Waals surface area contributed by atoms with Crippen molar-refractivity contribution in [2.45, 2.75) is 79.2 Å². The lowest BCUT2D eigenvalue weighted by Gasteiger charge is -2.35. The average Bonchev–Trinajstić information content (AvgIpc) is 3.06. The maximum absolute atomic E-state index is 11.9. The Labute approximate surface area is 288 Å². The summed E-state index contributed by atoms with van der Waals surface area (Å²) in [4.78, 5) is 47.4. The highest BCUT2D eigenvalue weighted by Gasteiger charge is 2.26. The number of amides is 3. The fourth-order valence-electron chi connectivity index (χ4n) is 4.96. The van der Waals surface area contributed by atoms with Gasteiger partial charge in [0.25, 0.3) is 0 Å². The van der Waals surface area contributed by atoms with E-state index in [1.54, 1.807) is 0 Å². The zero-order chi connectivity index (χ0) is 35.9. The molecule has 0 radical (unpaired) electrons. The van der Waals surface area contributed by atoms with Gasteiger partial charge in [0.1, 0.15) is 26.4 Å². The van der Waals surface area contributed by atoms with Crippen LogP contribution in [0.1, 0.15) is 73.6 Å². The van der Waals surface area contributed by atoms with Crippen molar-refractivity contribution in [2.75, 3.05) is 105 Å².